The van der Waals surface area contributed by atoms with Crippen LogP contribution in [0.5, 0.6) is 0 Å². The highest BCUT2D eigenvalue weighted by Crippen LogP contribution is 2.18. The predicted molar refractivity (Wildman–Crippen MR) is 76.6 cm³/mol. The lowest BCUT2D eigenvalue weighted by atomic mass is 9.95. The molecule has 1 fully saturated rings. The second-order valence-corrected chi connectivity index (χ2v) is 7.97. The lowest BCUT2D eigenvalue weighted by molar-refractivity contribution is 0.102. The van der Waals surface area contributed by atoms with Crippen molar-refractivity contribution < 1.29 is 8.42 Å². The molecule has 0 aromatic heterocycles. The molecule has 5 heteroatoms. The van der Waals surface area contributed by atoms with Crippen molar-refractivity contribution in [3.63, 3.8) is 0 Å². The number of nitrogens with zero attached hydrogens (tertiary/aromatic N) is 1. The van der Waals surface area contributed by atoms with Crippen LogP contribution in [0.15, 0.2) is 0 Å². The van der Waals surface area contributed by atoms with Crippen LogP contribution in [-0.4, -0.2) is 56.5 Å². The van der Waals surface area contributed by atoms with Gasteiger partial charge in [-0.1, -0.05) is 27.2 Å². The summed E-state index contributed by atoms with van der Waals surface area (Å²) in [6, 6.07) is 0.924. The Morgan fingerprint density at radius 3 is 2.61 bits per heavy atom. The first-order chi connectivity index (χ1) is 8.39. The number of hydrogen-bond donors (Lipinski definition) is 1. The molecular weight excluding hydrogens is 248 g/mol. The van der Waals surface area contributed by atoms with Gasteiger partial charge in [0.1, 0.15) is 0 Å². The van der Waals surface area contributed by atoms with E-state index in [1.54, 1.807) is 6.92 Å². The molecule has 4 nitrogen and oxygen atoms in total. The summed E-state index contributed by atoms with van der Waals surface area (Å²) in [5.41, 5.74) is 0. The van der Waals surface area contributed by atoms with Gasteiger partial charge in [-0.2, -0.15) is 0 Å². The first-order valence-electron chi connectivity index (χ1n) is 7.07. The van der Waals surface area contributed by atoms with E-state index in [1.165, 1.54) is 0 Å². The van der Waals surface area contributed by atoms with Gasteiger partial charge in [-0.15, -0.1) is 0 Å². The Labute approximate surface area is 112 Å². The zero-order chi connectivity index (χ0) is 13.8. The molecule has 1 saturated heterocycles. The van der Waals surface area contributed by atoms with E-state index < -0.39 is 9.84 Å². The normalized spacial score (nSPS) is 28.2. The van der Waals surface area contributed by atoms with Gasteiger partial charge < -0.3 is 5.32 Å². The lowest BCUT2D eigenvalue weighted by Crippen LogP contribution is -2.58. The zero-order valence-electron chi connectivity index (χ0n) is 12.1. The maximum Gasteiger partial charge on any atom is 0.151 e. The maximum absolute atomic E-state index is 11.6. The maximum atomic E-state index is 11.6. The van der Waals surface area contributed by atoms with Crippen LogP contribution in [-0.2, 0) is 9.84 Å². The molecule has 3 unspecified atom stereocenters. The van der Waals surface area contributed by atoms with Crippen LogP contribution in [0.3, 0.4) is 0 Å². The molecule has 1 heterocycles. The molecule has 108 valence electrons. The van der Waals surface area contributed by atoms with E-state index in [0.717, 1.165) is 19.5 Å². The highest BCUT2D eigenvalue weighted by molar-refractivity contribution is 7.91. The summed E-state index contributed by atoms with van der Waals surface area (Å²) in [5, 5.41) is 3.50. The summed E-state index contributed by atoms with van der Waals surface area (Å²) in [7, 11) is -2.85. The molecule has 0 spiro atoms. The van der Waals surface area contributed by atoms with E-state index in [-0.39, 0.29) is 5.75 Å². The average Bonchev–Trinajstić information content (AvgIpc) is 2.36. The number of nitrogens with one attached hydrogen (secondary N) is 1. The van der Waals surface area contributed by atoms with E-state index in [2.05, 4.69) is 31.0 Å². The molecule has 0 aromatic rings. The molecule has 1 aliphatic rings. The number of hydrogen-bond acceptors (Lipinski definition) is 4. The van der Waals surface area contributed by atoms with Crippen LogP contribution < -0.4 is 5.32 Å². The van der Waals surface area contributed by atoms with Crippen molar-refractivity contribution in [1.82, 2.24) is 10.2 Å². The van der Waals surface area contributed by atoms with Crippen molar-refractivity contribution >= 4 is 9.84 Å². The smallest absolute Gasteiger partial charge is 0.151 e. The molecule has 0 amide bonds. The summed E-state index contributed by atoms with van der Waals surface area (Å²) in [6.45, 7) is 10.9. The van der Waals surface area contributed by atoms with Crippen molar-refractivity contribution in [2.45, 2.75) is 46.2 Å². The summed E-state index contributed by atoms with van der Waals surface area (Å²) in [4.78, 5) is 2.36. The zero-order valence-corrected chi connectivity index (χ0v) is 13.0. The summed E-state index contributed by atoms with van der Waals surface area (Å²) in [5.74, 6) is 1.15. The van der Waals surface area contributed by atoms with Crippen molar-refractivity contribution in [3.8, 4) is 0 Å². The summed E-state index contributed by atoms with van der Waals surface area (Å²) >= 11 is 0. The Morgan fingerprint density at radius 2 is 2.06 bits per heavy atom. The van der Waals surface area contributed by atoms with Crippen LogP contribution in [0.2, 0.25) is 0 Å². The Kier molecular flexibility index (Phi) is 6.08. The fourth-order valence-corrected chi connectivity index (χ4v) is 3.30. The Hall–Kier alpha value is -0.130. The van der Waals surface area contributed by atoms with Gasteiger partial charge in [-0.25, -0.2) is 8.42 Å². The van der Waals surface area contributed by atoms with Crippen molar-refractivity contribution in [2.24, 2.45) is 5.92 Å². The van der Waals surface area contributed by atoms with Crippen molar-refractivity contribution in [1.29, 1.82) is 0 Å². The second-order valence-electron chi connectivity index (χ2n) is 5.49. The quantitative estimate of drug-likeness (QED) is 0.790. The van der Waals surface area contributed by atoms with E-state index >= 15 is 0 Å². The van der Waals surface area contributed by atoms with E-state index in [1.807, 2.05) is 0 Å². The monoisotopic (exact) mass is 276 g/mol. The Bertz CT molecular complexity index is 343. The van der Waals surface area contributed by atoms with Crippen LogP contribution in [0.1, 0.15) is 34.1 Å². The fourth-order valence-electron chi connectivity index (χ4n) is 2.49. The van der Waals surface area contributed by atoms with Crippen LogP contribution in [0, 0.1) is 5.92 Å². The van der Waals surface area contributed by atoms with Crippen molar-refractivity contribution in [3.05, 3.63) is 0 Å². The third kappa shape index (κ3) is 4.52. The predicted octanol–water partition coefficient (Wildman–Crippen LogP) is 1.13. The lowest BCUT2D eigenvalue weighted by Gasteiger charge is -2.42. The third-order valence-corrected chi connectivity index (χ3v) is 5.77. The fraction of sp³-hybridized carbons (Fsp3) is 1.00. The van der Waals surface area contributed by atoms with Gasteiger partial charge in [0.2, 0.25) is 0 Å². The van der Waals surface area contributed by atoms with Gasteiger partial charge in [0.25, 0.3) is 0 Å². The third-order valence-electron chi connectivity index (χ3n) is 4.08. The second kappa shape index (κ2) is 6.87. The molecular formula is C13H28N2O2S. The minimum atomic E-state index is -2.85. The highest BCUT2D eigenvalue weighted by Gasteiger charge is 2.29. The van der Waals surface area contributed by atoms with Crippen LogP contribution in [0.4, 0.5) is 0 Å². The molecule has 1 aliphatic heterocycles. The molecule has 0 radical (unpaired) electrons. The Morgan fingerprint density at radius 1 is 1.39 bits per heavy atom. The van der Waals surface area contributed by atoms with Crippen LogP contribution in [0.25, 0.3) is 0 Å². The molecule has 1 rings (SSSR count). The molecule has 1 N–H and O–H groups in total. The first-order valence-corrected chi connectivity index (χ1v) is 8.89. The number of rotatable bonds is 6. The molecule has 18 heavy (non-hydrogen) atoms. The van der Waals surface area contributed by atoms with E-state index in [9.17, 15) is 8.42 Å². The molecule has 0 saturated carbocycles. The average molecular weight is 276 g/mol. The molecule has 0 aliphatic carbocycles. The number of piperazine rings is 1. The standard InChI is InChI=1S/C13H28N2O2S/c1-5-11(3)13-9-14-12(4)10-15(13)7-8-18(16,17)6-2/h11-14H,5-10H2,1-4H3. The Balaban J connectivity index is 2.62. The topological polar surface area (TPSA) is 49.4 Å². The van der Waals surface area contributed by atoms with Gasteiger partial charge in [0.05, 0.1) is 5.75 Å². The molecule has 3 atom stereocenters. The van der Waals surface area contributed by atoms with Gasteiger partial charge in [0, 0.05) is 37.5 Å². The van der Waals surface area contributed by atoms with Crippen LogP contribution >= 0.6 is 0 Å². The van der Waals surface area contributed by atoms with Gasteiger partial charge in [-0.3, -0.25) is 4.90 Å². The largest absolute Gasteiger partial charge is 0.311 e. The van der Waals surface area contributed by atoms with E-state index in [0.29, 0.717) is 30.3 Å². The minimum Gasteiger partial charge on any atom is -0.311 e. The molecule has 0 bridgehead atoms. The van der Waals surface area contributed by atoms with Crippen molar-refractivity contribution in [2.75, 3.05) is 31.1 Å². The molecule has 0 aromatic carbocycles. The van der Waals surface area contributed by atoms with E-state index in [4.69, 9.17) is 0 Å². The van der Waals surface area contributed by atoms with Gasteiger partial charge >= 0.3 is 0 Å². The summed E-state index contributed by atoms with van der Waals surface area (Å²) in [6.07, 6.45) is 1.14. The summed E-state index contributed by atoms with van der Waals surface area (Å²) < 4.78 is 23.3. The SMILES string of the molecule is CCC(C)C1CNC(C)CN1CCS(=O)(=O)CC. The first kappa shape index (κ1) is 15.9. The highest BCUT2D eigenvalue weighted by atomic mass is 32.2. The minimum absolute atomic E-state index is 0.253. The number of sulfone groups is 1. The van der Waals surface area contributed by atoms with Gasteiger partial charge in [0.15, 0.2) is 9.84 Å². The van der Waals surface area contributed by atoms with Gasteiger partial charge in [-0.05, 0) is 12.8 Å².